The summed E-state index contributed by atoms with van der Waals surface area (Å²) in [5, 5.41) is 7.07. The zero-order chi connectivity index (χ0) is 14.5. The van der Waals surface area contributed by atoms with Gasteiger partial charge in [0.15, 0.2) is 0 Å². The Bertz CT molecular complexity index is 584. The molecule has 2 heterocycles. The lowest BCUT2D eigenvalue weighted by Gasteiger charge is -2.09. The minimum absolute atomic E-state index is 0.0783. The van der Waals surface area contributed by atoms with E-state index in [1.165, 1.54) is 0 Å². The summed E-state index contributed by atoms with van der Waals surface area (Å²) < 4.78 is 3.78. The van der Waals surface area contributed by atoms with Crippen LogP contribution in [0.5, 0.6) is 0 Å². The van der Waals surface area contributed by atoms with Gasteiger partial charge in [-0.05, 0) is 26.3 Å². The summed E-state index contributed by atoms with van der Waals surface area (Å²) in [4.78, 5) is 16.3. The summed E-state index contributed by atoms with van der Waals surface area (Å²) >= 11 is 0. The summed E-state index contributed by atoms with van der Waals surface area (Å²) in [7, 11) is 0. The second-order valence-corrected chi connectivity index (χ2v) is 4.80. The molecule has 2 aromatic rings. The third-order valence-corrected chi connectivity index (χ3v) is 3.37. The largest absolute Gasteiger partial charge is 0.349 e. The molecule has 108 valence electrons. The highest BCUT2D eigenvalue weighted by molar-refractivity contribution is 5.92. The number of hydrogen-bond acceptors (Lipinski definition) is 3. The van der Waals surface area contributed by atoms with Crippen LogP contribution in [0.3, 0.4) is 0 Å². The predicted molar refractivity (Wildman–Crippen MR) is 76.6 cm³/mol. The van der Waals surface area contributed by atoms with Crippen molar-refractivity contribution in [2.75, 3.05) is 6.54 Å². The van der Waals surface area contributed by atoms with Gasteiger partial charge in [0, 0.05) is 31.5 Å². The summed E-state index contributed by atoms with van der Waals surface area (Å²) in [6.45, 7) is 8.13. The second kappa shape index (κ2) is 6.36. The van der Waals surface area contributed by atoms with Crippen LogP contribution < -0.4 is 5.32 Å². The highest BCUT2D eigenvalue weighted by atomic mass is 16.2. The number of nitrogens with zero attached hydrogens (tertiary/aromatic N) is 4. The summed E-state index contributed by atoms with van der Waals surface area (Å²) in [6.07, 6.45) is 4.42. The zero-order valence-electron chi connectivity index (χ0n) is 12.3. The standard InChI is InChI=1S/C14H21N5O/c1-4-8-19-13(5-6-17-19)14(20)15-7-9-18-10-16-11(2)12(18)3/h5-6,10H,4,7-9H2,1-3H3,(H,15,20). The lowest BCUT2D eigenvalue weighted by atomic mass is 10.3. The first kappa shape index (κ1) is 14.3. The number of amides is 1. The van der Waals surface area contributed by atoms with E-state index in [1.807, 2.05) is 18.4 Å². The number of aromatic nitrogens is 4. The number of nitrogens with one attached hydrogen (secondary N) is 1. The highest BCUT2D eigenvalue weighted by Crippen LogP contribution is 2.04. The zero-order valence-corrected chi connectivity index (χ0v) is 12.3. The molecule has 0 aliphatic carbocycles. The smallest absolute Gasteiger partial charge is 0.269 e. The van der Waals surface area contributed by atoms with Gasteiger partial charge in [0.2, 0.25) is 0 Å². The van der Waals surface area contributed by atoms with Gasteiger partial charge in [-0.25, -0.2) is 4.98 Å². The monoisotopic (exact) mass is 275 g/mol. The molecule has 0 saturated heterocycles. The first-order chi connectivity index (χ1) is 9.63. The molecule has 0 aliphatic rings. The van der Waals surface area contributed by atoms with Crippen molar-refractivity contribution >= 4 is 5.91 Å². The van der Waals surface area contributed by atoms with Crippen molar-refractivity contribution in [1.82, 2.24) is 24.6 Å². The van der Waals surface area contributed by atoms with Crippen LogP contribution in [0.4, 0.5) is 0 Å². The van der Waals surface area contributed by atoms with Gasteiger partial charge in [-0.15, -0.1) is 0 Å². The molecule has 6 heteroatoms. The molecule has 0 unspecified atom stereocenters. The molecule has 0 radical (unpaired) electrons. The van der Waals surface area contributed by atoms with E-state index in [4.69, 9.17) is 0 Å². The number of carbonyl (C=O) groups excluding carboxylic acids is 1. The molecule has 1 amide bonds. The fourth-order valence-electron chi connectivity index (χ4n) is 2.07. The molecule has 0 saturated carbocycles. The molecule has 6 nitrogen and oxygen atoms in total. The van der Waals surface area contributed by atoms with E-state index in [0.29, 0.717) is 12.2 Å². The van der Waals surface area contributed by atoms with Gasteiger partial charge in [-0.3, -0.25) is 9.48 Å². The molecule has 0 fully saturated rings. The molecule has 0 aromatic carbocycles. The normalized spacial score (nSPS) is 10.8. The summed E-state index contributed by atoms with van der Waals surface area (Å²) in [5.74, 6) is -0.0783. The second-order valence-electron chi connectivity index (χ2n) is 4.80. The van der Waals surface area contributed by atoms with Gasteiger partial charge in [0.05, 0.1) is 12.0 Å². The van der Waals surface area contributed by atoms with Gasteiger partial charge in [-0.1, -0.05) is 6.92 Å². The fraction of sp³-hybridized carbons (Fsp3) is 0.500. The average Bonchev–Trinajstić information content (AvgIpc) is 3.01. The first-order valence-corrected chi connectivity index (χ1v) is 6.91. The molecule has 2 rings (SSSR count). The van der Waals surface area contributed by atoms with Gasteiger partial charge in [-0.2, -0.15) is 5.10 Å². The van der Waals surface area contributed by atoms with Crippen molar-refractivity contribution in [1.29, 1.82) is 0 Å². The number of imidazole rings is 1. The maximum absolute atomic E-state index is 12.1. The molecule has 0 spiro atoms. The van der Waals surface area contributed by atoms with Crippen LogP contribution in [0.2, 0.25) is 0 Å². The van der Waals surface area contributed by atoms with Crippen molar-refractivity contribution in [3.63, 3.8) is 0 Å². The van der Waals surface area contributed by atoms with E-state index < -0.39 is 0 Å². The van der Waals surface area contributed by atoms with E-state index in [0.717, 1.165) is 30.9 Å². The van der Waals surface area contributed by atoms with E-state index >= 15 is 0 Å². The topological polar surface area (TPSA) is 64.7 Å². The van der Waals surface area contributed by atoms with Gasteiger partial charge in [0.1, 0.15) is 5.69 Å². The lowest BCUT2D eigenvalue weighted by Crippen LogP contribution is -2.29. The maximum Gasteiger partial charge on any atom is 0.269 e. The Morgan fingerprint density at radius 2 is 2.15 bits per heavy atom. The number of hydrogen-bond donors (Lipinski definition) is 1. The molecule has 0 aliphatic heterocycles. The molecular formula is C14H21N5O. The first-order valence-electron chi connectivity index (χ1n) is 6.91. The van der Waals surface area contributed by atoms with Crippen molar-refractivity contribution < 1.29 is 4.79 Å². The maximum atomic E-state index is 12.1. The molecular weight excluding hydrogens is 254 g/mol. The molecule has 2 aromatic heterocycles. The van der Waals surface area contributed by atoms with Crippen LogP contribution >= 0.6 is 0 Å². The Morgan fingerprint density at radius 1 is 1.35 bits per heavy atom. The minimum Gasteiger partial charge on any atom is -0.349 e. The van der Waals surface area contributed by atoms with E-state index in [2.05, 4.69) is 22.3 Å². The van der Waals surface area contributed by atoms with Gasteiger partial charge in [0.25, 0.3) is 5.91 Å². The van der Waals surface area contributed by atoms with E-state index in [9.17, 15) is 4.79 Å². The van der Waals surface area contributed by atoms with Crippen molar-refractivity contribution in [2.24, 2.45) is 0 Å². The molecule has 0 bridgehead atoms. The number of aryl methyl sites for hydroxylation is 2. The third kappa shape index (κ3) is 3.07. The Hall–Kier alpha value is -2.11. The Kier molecular flexibility index (Phi) is 4.55. The summed E-state index contributed by atoms with van der Waals surface area (Å²) in [5.41, 5.74) is 2.78. The fourth-order valence-corrected chi connectivity index (χ4v) is 2.07. The van der Waals surface area contributed by atoms with Gasteiger partial charge < -0.3 is 9.88 Å². The van der Waals surface area contributed by atoms with Crippen LogP contribution in [0, 0.1) is 13.8 Å². The molecule has 20 heavy (non-hydrogen) atoms. The SMILES string of the molecule is CCCn1nccc1C(=O)NCCn1cnc(C)c1C. The highest BCUT2D eigenvalue weighted by Gasteiger charge is 2.11. The average molecular weight is 275 g/mol. The molecule has 0 atom stereocenters. The van der Waals surface area contributed by atoms with Crippen molar-refractivity contribution in [3.05, 3.63) is 35.7 Å². The van der Waals surface area contributed by atoms with Crippen LogP contribution in [0.25, 0.3) is 0 Å². The third-order valence-electron chi connectivity index (χ3n) is 3.37. The van der Waals surface area contributed by atoms with Crippen LogP contribution in [-0.2, 0) is 13.1 Å². The minimum atomic E-state index is -0.0783. The van der Waals surface area contributed by atoms with Crippen molar-refractivity contribution in [2.45, 2.75) is 40.3 Å². The predicted octanol–water partition coefficient (Wildman–Crippen LogP) is 1.54. The van der Waals surface area contributed by atoms with Crippen molar-refractivity contribution in [3.8, 4) is 0 Å². The van der Waals surface area contributed by atoms with Crippen LogP contribution in [-0.4, -0.2) is 31.8 Å². The van der Waals surface area contributed by atoms with E-state index in [1.54, 1.807) is 23.3 Å². The molecule has 1 N–H and O–H groups in total. The summed E-state index contributed by atoms with van der Waals surface area (Å²) in [6, 6.07) is 1.75. The Balaban J connectivity index is 1.89. The van der Waals surface area contributed by atoms with E-state index in [-0.39, 0.29) is 5.91 Å². The van der Waals surface area contributed by atoms with Crippen LogP contribution in [0.15, 0.2) is 18.6 Å². The Labute approximate surface area is 118 Å². The lowest BCUT2D eigenvalue weighted by molar-refractivity contribution is 0.0941. The number of rotatable bonds is 6. The van der Waals surface area contributed by atoms with Gasteiger partial charge >= 0.3 is 0 Å². The quantitative estimate of drug-likeness (QED) is 0.869. The van der Waals surface area contributed by atoms with Crippen LogP contribution in [0.1, 0.15) is 35.2 Å². The Morgan fingerprint density at radius 3 is 2.80 bits per heavy atom. The number of carbonyl (C=O) groups is 1.